The van der Waals surface area contributed by atoms with Crippen LogP contribution < -0.4 is 11.1 Å². The van der Waals surface area contributed by atoms with Crippen molar-refractivity contribution in [2.45, 2.75) is 18.9 Å². The average molecular weight is 282 g/mol. The number of nitrogens with two attached hydrogens (primary N) is 1. The summed E-state index contributed by atoms with van der Waals surface area (Å²) in [6.45, 7) is 1.57. The van der Waals surface area contributed by atoms with E-state index < -0.39 is 0 Å². The second kappa shape index (κ2) is 5.93. The Balaban J connectivity index is 1.60. The first-order valence-electron chi connectivity index (χ1n) is 7.00. The highest BCUT2D eigenvalue weighted by molar-refractivity contribution is 5.96. The van der Waals surface area contributed by atoms with Gasteiger partial charge in [0.15, 0.2) is 5.84 Å². The molecule has 1 unspecified atom stereocenters. The number of aromatic nitrogens is 1. The first-order valence-corrected chi connectivity index (χ1v) is 7.00. The second-order valence-electron chi connectivity index (χ2n) is 5.23. The molecule has 0 saturated carbocycles. The zero-order chi connectivity index (χ0) is 14.7. The molecule has 1 heterocycles. The molecule has 1 aromatic carbocycles. The maximum atomic E-state index is 8.79. The van der Waals surface area contributed by atoms with E-state index in [4.69, 9.17) is 10.9 Å². The molecule has 5 heteroatoms. The van der Waals surface area contributed by atoms with E-state index in [1.165, 1.54) is 11.1 Å². The number of pyridine rings is 1. The molecule has 1 aliphatic rings. The molecule has 4 N–H and O–H groups in total. The number of rotatable bonds is 5. The highest BCUT2D eigenvalue weighted by Crippen LogP contribution is 2.34. The molecule has 108 valence electrons. The van der Waals surface area contributed by atoms with Gasteiger partial charge in [0.1, 0.15) is 5.69 Å². The Bertz CT molecular complexity index is 669. The first-order chi connectivity index (χ1) is 10.3. The van der Waals surface area contributed by atoms with E-state index in [1.807, 2.05) is 12.1 Å². The third kappa shape index (κ3) is 2.73. The maximum absolute atomic E-state index is 8.79. The number of oxime groups is 1. The summed E-state index contributed by atoms with van der Waals surface area (Å²) >= 11 is 0. The van der Waals surface area contributed by atoms with Crippen molar-refractivity contribution in [3.8, 4) is 0 Å². The SMILES string of the molecule is NC(=NO)c1ncccc1CNCC1Cc2ccccc21. The molecule has 0 saturated heterocycles. The fraction of sp³-hybridized carbons (Fsp3) is 0.250. The second-order valence-corrected chi connectivity index (χ2v) is 5.23. The van der Waals surface area contributed by atoms with E-state index >= 15 is 0 Å². The summed E-state index contributed by atoms with van der Waals surface area (Å²) in [5.74, 6) is 0.617. The molecule has 0 fully saturated rings. The number of fused-ring (bicyclic) bond motifs is 1. The van der Waals surface area contributed by atoms with Crippen LogP contribution in [0.15, 0.2) is 47.8 Å². The van der Waals surface area contributed by atoms with Crippen molar-refractivity contribution < 1.29 is 5.21 Å². The summed E-state index contributed by atoms with van der Waals surface area (Å²) in [6, 6.07) is 12.3. The lowest BCUT2D eigenvalue weighted by Gasteiger charge is -2.30. The fourth-order valence-corrected chi connectivity index (χ4v) is 2.79. The lowest BCUT2D eigenvalue weighted by molar-refractivity contribution is 0.318. The van der Waals surface area contributed by atoms with Crippen LogP contribution in [0.1, 0.15) is 28.3 Å². The maximum Gasteiger partial charge on any atom is 0.189 e. The van der Waals surface area contributed by atoms with Gasteiger partial charge in [-0.3, -0.25) is 4.98 Å². The molecule has 0 spiro atoms. The smallest absolute Gasteiger partial charge is 0.189 e. The zero-order valence-corrected chi connectivity index (χ0v) is 11.7. The van der Waals surface area contributed by atoms with Crippen LogP contribution in [0, 0.1) is 0 Å². The molecular formula is C16H18N4O. The quantitative estimate of drug-likeness (QED) is 0.337. The Morgan fingerprint density at radius 3 is 3.00 bits per heavy atom. The highest BCUT2D eigenvalue weighted by atomic mass is 16.4. The van der Waals surface area contributed by atoms with Gasteiger partial charge in [-0.25, -0.2) is 0 Å². The van der Waals surface area contributed by atoms with Crippen LogP contribution in [0.2, 0.25) is 0 Å². The van der Waals surface area contributed by atoms with Crippen molar-refractivity contribution in [2.24, 2.45) is 10.9 Å². The van der Waals surface area contributed by atoms with Crippen LogP contribution in [0.25, 0.3) is 0 Å². The third-order valence-corrected chi connectivity index (χ3v) is 3.91. The topological polar surface area (TPSA) is 83.5 Å². The van der Waals surface area contributed by atoms with Crippen molar-refractivity contribution in [3.05, 3.63) is 65.0 Å². The van der Waals surface area contributed by atoms with E-state index in [2.05, 4.69) is 39.7 Å². The number of amidine groups is 1. The Morgan fingerprint density at radius 2 is 2.19 bits per heavy atom. The number of nitrogens with one attached hydrogen (secondary N) is 1. The van der Waals surface area contributed by atoms with Gasteiger partial charge in [-0.1, -0.05) is 35.5 Å². The predicted octanol–water partition coefficient (Wildman–Crippen LogP) is 1.61. The molecule has 0 bridgehead atoms. The minimum absolute atomic E-state index is 0.0430. The van der Waals surface area contributed by atoms with Crippen molar-refractivity contribution >= 4 is 5.84 Å². The van der Waals surface area contributed by atoms with Crippen LogP contribution >= 0.6 is 0 Å². The van der Waals surface area contributed by atoms with Gasteiger partial charge in [0, 0.05) is 25.2 Å². The molecular weight excluding hydrogens is 264 g/mol. The molecule has 1 aliphatic carbocycles. The molecule has 1 atom stereocenters. The largest absolute Gasteiger partial charge is 0.409 e. The Labute approximate surface area is 123 Å². The van der Waals surface area contributed by atoms with Gasteiger partial charge < -0.3 is 16.3 Å². The van der Waals surface area contributed by atoms with Crippen molar-refractivity contribution in [1.82, 2.24) is 10.3 Å². The van der Waals surface area contributed by atoms with Gasteiger partial charge in [0.25, 0.3) is 0 Å². The molecule has 0 amide bonds. The van der Waals surface area contributed by atoms with E-state index in [1.54, 1.807) is 6.20 Å². The van der Waals surface area contributed by atoms with Crippen LogP contribution in [-0.4, -0.2) is 22.6 Å². The minimum Gasteiger partial charge on any atom is -0.409 e. The molecule has 0 radical (unpaired) electrons. The first kappa shape index (κ1) is 13.6. The molecule has 0 aliphatic heterocycles. The molecule has 2 aromatic rings. The number of hydrogen-bond acceptors (Lipinski definition) is 4. The Morgan fingerprint density at radius 1 is 1.33 bits per heavy atom. The summed E-state index contributed by atoms with van der Waals surface area (Å²) in [7, 11) is 0. The number of benzene rings is 1. The van der Waals surface area contributed by atoms with Gasteiger partial charge >= 0.3 is 0 Å². The van der Waals surface area contributed by atoms with Gasteiger partial charge in [-0.05, 0) is 29.2 Å². The molecule has 5 nitrogen and oxygen atoms in total. The fourth-order valence-electron chi connectivity index (χ4n) is 2.79. The number of hydrogen-bond donors (Lipinski definition) is 3. The Kier molecular flexibility index (Phi) is 3.83. The third-order valence-electron chi connectivity index (χ3n) is 3.91. The van der Waals surface area contributed by atoms with E-state index in [-0.39, 0.29) is 5.84 Å². The number of nitrogens with zero attached hydrogens (tertiary/aromatic N) is 2. The summed E-state index contributed by atoms with van der Waals surface area (Å²) in [5.41, 5.74) is 9.98. The van der Waals surface area contributed by atoms with Crippen LogP contribution in [0.3, 0.4) is 0 Å². The highest BCUT2D eigenvalue weighted by Gasteiger charge is 2.24. The molecule has 1 aromatic heterocycles. The summed E-state index contributed by atoms with van der Waals surface area (Å²) in [4.78, 5) is 4.16. The van der Waals surface area contributed by atoms with Gasteiger partial charge in [-0.2, -0.15) is 0 Å². The van der Waals surface area contributed by atoms with Crippen molar-refractivity contribution in [3.63, 3.8) is 0 Å². The van der Waals surface area contributed by atoms with Gasteiger partial charge in [0.2, 0.25) is 0 Å². The van der Waals surface area contributed by atoms with Gasteiger partial charge in [-0.15, -0.1) is 0 Å². The standard InChI is InChI=1S/C16H18N4O/c17-16(20-21)15-12(5-3-7-19-15)9-18-10-13-8-11-4-1-2-6-14(11)13/h1-7,13,18,21H,8-10H2,(H2,17,20). The van der Waals surface area contributed by atoms with Crippen LogP contribution in [0.4, 0.5) is 0 Å². The van der Waals surface area contributed by atoms with Crippen molar-refractivity contribution in [1.29, 1.82) is 0 Å². The summed E-state index contributed by atoms with van der Waals surface area (Å²) in [6.07, 6.45) is 2.77. The zero-order valence-electron chi connectivity index (χ0n) is 11.7. The van der Waals surface area contributed by atoms with Gasteiger partial charge in [0.05, 0.1) is 0 Å². The van der Waals surface area contributed by atoms with E-state index in [0.717, 1.165) is 18.5 Å². The van der Waals surface area contributed by atoms with Crippen LogP contribution in [-0.2, 0) is 13.0 Å². The normalized spacial score (nSPS) is 17.1. The summed E-state index contributed by atoms with van der Waals surface area (Å²) < 4.78 is 0. The van der Waals surface area contributed by atoms with Crippen LogP contribution in [0.5, 0.6) is 0 Å². The minimum atomic E-state index is 0.0430. The average Bonchev–Trinajstić information content (AvgIpc) is 2.51. The lowest BCUT2D eigenvalue weighted by Crippen LogP contribution is -2.29. The monoisotopic (exact) mass is 282 g/mol. The lowest BCUT2D eigenvalue weighted by atomic mass is 9.77. The van der Waals surface area contributed by atoms with Crippen molar-refractivity contribution in [2.75, 3.05) is 6.54 Å². The summed E-state index contributed by atoms with van der Waals surface area (Å²) in [5, 5.41) is 15.2. The molecule has 3 rings (SSSR count). The van der Waals surface area contributed by atoms with E-state index in [0.29, 0.717) is 18.2 Å². The van der Waals surface area contributed by atoms with E-state index in [9.17, 15) is 0 Å². The molecule has 21 heavy (non-hydrogen) atoms. The Hall–Kier alpha value is -2.40. The predicted molar refractivity (Wildman–Crippen MR) is 81.3 cm³/mol.